The lowest BCUT2D eigenvalue weighted by atomic mass is 10.0. The lowest BCUT2D eigenvalue weighted by Gasteiger charge is -2.23. The fourth-order valence-corrected chi connectivity index (χ4v) is 5.02. The number of hydrogen-bond donors (Lipinski definition) is 2. The quantitative estimate of drug-likeness (QED) is 0.427. The second-order valence-corrected chi connectivity index (χ2v) is 10.0. The van der Waals surface area contributed by atoms with E-state index in [2.05, 4.69) is 20.6 Å². The lowest BCUT2D eigenvalue weighted by Crippen LogP contribution is -2.38. The fraction of sp³-hybridized carbons (Fsp3) is 0.357. The predicted octanol–water partition coefficient (Wildman–Crippen LogP) is 4.37. The number of anilines is 1. The maximum absolute atomic E-state index is 14.3. The summed E-state index contributed by atoms with van der Waals surface area (Å²) in [6, 6.07) is 9.41. The van der Waals surface area contributed by atoms with Crippen molar-refractivity contribution in [3.63, 3.8) is 0 Å². The minimum Gasteiger partial charge on any atom is -0.497 e. The Hall–Kier alpha value is -3.76. The van der Waals surface area contributed by atoms with Crippen molar-refractivity contribution in [3.8, 4) is 17.0 Å². The van der Waals surface area contributed by atoms with Gasteiger partial charge >= 0.3 is 0 Å². The minimum absolute atomic E-state index is 0.161. The van der Waals surface area contributed by atoms with Gasteiger partial charge in [-0.1, -0.05) is 23.7 Å². The second kappa shape index (κ2) is 11.5. The molecule has 2 amide bonds. The Balaban J connectivity index is 1.27. The van der Waals surface area contributed by atoms with Gasteiger partial charge in [-0.05, 0) is 49.6 Å². The van der Waals surface area contributed by atoms with E-state index in [0.29, 0.717) is 52.3 Å². The largest absolute Gasteiger partial charge is 0.497 e. The smallest absolute Gasteiger partial charge is 0.254 e. The van der Waals surface area contributed by atoms with E-state index < -0.39 is 17.8 Å². The first-order valence-corrected chi connectivity index (χ1v) is 13.1. The third-order valence-corrected chi connectivity index (χ3v) is 7.22. The first kappa shape index (κ1) is 26.8. The summed E-state index contributed by atoms with van der Waals surface area (Å²) in [6.07, 6.45) is 3.28. The molecule has 2 N–H and O–H groups in total. The van der Waals surface area contributed by atoms with Crippen molar-refractivity contribution in [1.82, 2.24) is 20.2 Å². The first-order chi connectivity index (χ1) is 18.8. The van der Waals surface area contributed by atoms with E-state index in [-0.39, 0.29) is 25.0 Å². The van der Waals surface area contributed by atoms with Crippen LogP contribution in [0.15, 0.2) is 42.6 Å². The summed E-state index contributed by atoms with van der Waals surface area (Å²) in [5.74, 6) is -0.159. The molecule has 204 valence electrons. The third kappa shape index (κ3) is 5.97. The zero-order chi connectivity index (χ0) is 27.5. The second-order valence-electron chi connectivity index (χ2n) is 9.63. The number of carbonyl (C=O) groups excluding carboxylic acids is 2. The minimum atomic E-state index is -0.608. The molecule has 1 saturated heterocycles. The molecule has 0 radical (unpaired) electrons. The molecule has 3 aromatic rings. The molecular formula is C28H29ClFN5O4. The van der Waals surface area contributed by atoms with E-state index in [1.165, 1.54) is 24.1 Å². The van der Waals surface area contributed by atoms with Crippen LogP contribution in [0.25, 0.3) is 11.3 Å². The number of methoxy groups -OCH3 is 1. The fourth-order valence-electron chi connectivity index (χ4n) is 4.82. The molecule has 11 heteroatoms. The number of hydrogen-bond acceptors (Lipinski definition) is 7. The van der Waals surface area contributed by atoms with Gasteiger partial charge < -0.3 is 25.0 Å². The highest BCUT2D eigenvalue weighted by Gasteiger charge is 2.30. The number of amides is 2. The third-order valence-electron chi connectivity index (χ3n) is 6.94. The first-order valence-electron chi connectivity index (χ1n) is 12.7. The highest BCUT2D eigenvalue weighted by Crippen LogP contribution is 2.32. The van der Waals surface area contributed by atoms with Gasteiger partial charge in [-0.2, -0.15) is 0 Å². The highest BCUT2D eigenvalue weighted by atomic mass is 35.5. The van der Waals surface area contributed by atoms with Gasteiger partial charge in [0.2, 0.25) is 11.9 Å². The molecule has 2 aromatic carbocycles. The molecule has 0 saturated carbocycles. The van der Waals surface area contributed by atoms with Crippen LogP contribution in [0.5, 0.6) is 5.75 Å². The predicted molar refractivity (Wildman–Crippen MR) is 144 cm³/mol. The zero-order valence-corrected chi connectivity index (χ0v) is 22.4. The number of nitrogens with one attached hydrogen (secondary N) is 2. The molecule has 1 aromatic heterocycles. The van der Waals surface area contributed by atoms with E-state index >= 15 is 0 Å². The molecule has 9 nitrogen and oxygen atoms in total. The van der Waals surface area contributed by atoms with Gasteiger partial charge in [0.05, 0.1) is 30.1 Å². The van der Waals surface area contributed by atoms with Crippen molar-refractivity contribution < 1.29 is 23.5 Å². The molecule has 0 bridgehead atoms. The average molecular weight is 554 g/mol. The molecule has 1 atom stereocenters. The molecule has 2 aliphatic rings. The SMILES string of the molecule is COc1ccc(F)c(C(C)NC(=O)CN2Cc3ccc(-c4nc(NC5CCOCC5)ncc4Cl)cc3C2=O)c1. The molecule has 0 aliphatic carbocycles. The number of carbonyl (C=O) groups is 2. The number of halogens is 2. The summed E-state index contributed by atoms with van der Waals surface area (Å²) in [4.78, 5) is 36.3. The van der Waals surface area contributed by atoms with Crippen LogP contribution >= 0.6 is 11.6 Å². The number of nitrogens with zero attached hydrogens (tertiary/aromatic N) is 3. The van der Waals surface area contributed by atoms with E-state index in [4.69, 9.17) is 21.1 Å². The van der Waals surface area contributed by atoms with Crippen LogP contribution in [0.1, 0.15) is 47.3 Å². The van der Waals surface area contributed by atoms with Crippen LogP contribution in [-0.2, 0) is 16.1 Å². The molecule has 5 rings (SSSR count). The Bertz CT molecular complexity index is 1400. The van der Waals surface area contributed by atoms with Crippen molar-refractivity contribution in [1.29, 1.82) is 0 Å². The van der Waals surface area contributed by atoms with Crippen LogP contribution in [-0.4, -0.2) is 59.6 Å². The summed E-state index contributed by atoms with van der Waals surface area (Å²) in [5.41, 5.74) is 2.78. The van der Waals surface area contributed by atoms with Crippen molar-refractivity contribution in [2.75, 3.05) is 32.2 Å². The summed E-state index contributed by atoms with van der Waals surface area (Å²) >= 11 is 6.43. The van der Waals surface area contributed by atoms with E-state index in [0.717, 1.165) is 18.4 Å². The molecule has 0 spiro atoms. The summed E-state index contributed by atoms with van der Waals surface area (Å²) in [6.45, 7) is 3.19. The van der Waals surface area contributed by atoms with Gasteiger partial charge in [-0.25, -0.2) is 14.4 Å². The van der Waals surface area contributed by atoms with Gasteiger partial charge in [0, 0.05) is 42.5 Å². The molecule has 39 heavy (non-hydrogen) atoms. The van der Waals surface area contributed by atoms with Gasteiger partial charge in [-0.15, -0.1) is 0 Å². The van der Waals surface area contributed by atoms with Crippen molar-refractivity contribution in [2.24, 2.45) is 0 Å². The van der Waals surface area contributed by atoms with Crippen molar-refractivity contribution in [2.45, 2.75) is 38.4 Å². The Labute approximate surface area is 230 Å². The summed E-state index contributed by atoms with van der Waals surface area (Å²) < 4.78 is 24.9. The molecule has 1 fully saturated rings. The average Bonchev–Trinajstić information content (AvgIpc) is 3.24. The Kier molecular flexibility index (Phi) is 7.94. The van der Waals surface area contributed by atoms with Crippen LogP contribution in [0.4, 0.5) is 10.3 Å². The normalized spacial score (nSPS) is 16.1. The van der Waals surface area contributed by atoms with Crippen LogP contribution in [0.3, 0.4) is 0 Å². The highest BCUT2D eigenvalue weighted by molar-refractivity contribution is 6.33. The van der Waals surface area contributed by atoms with E-state index in [1.807, 2.05) is 12.1 Å². The molecule has 1 unspecified atom stereocenters. The van der Waals surface area contributed by atoms with Gasteiger partial charge in [0.15, 0.2) is 0 Å². The number of ether oxygens (including phenoxy) is 2. The Morgan fingerprint density at radius 2 is 2.05 bits per heavy atom. The Morgan fingerprint density at radius 3 is 2.82 bits per heavy atom. The molecule has 2 aliphatic heterocycles. The van der Waals surface area contributed by atoms with Gasteiger partial charge in [-0.3, -0.25) is 9.59 Å². The lowest BCUT2D eigenvalue weighted by molar-refractivity contribution is -0.122. The molecule has 3 heterocycles. The number of benzene rings is 2. The van der Waals surface area contributed by atoms with Gasteiger partial charge in [0.1, 0.15) is 18.1 Å². The van der Waals surface area contributed by atoms with Crippen LogP contribution in [0.2, 0.25) is 5.02 Å². The number of fused-ring (bicyclic) bond motifs is 1. The van der Waals surface area contributed by atoms with Crippen molar-refractivity contribution in [3.05, 3.63) is 70.1 Å². The van der Waals surface area contributed by atoms with Crippen LogP contribution in [0, 0.1) is 5.82 Å². The van der Waals surface area contributed by atoms with E-state index in [1.54, 1.807) is 25.3 Å². The zero-order valence-electron chi connectivity index (χ0n) is 21.7. The number of rotatable bonds is 8. The molecular weight excluding hydrogens is 525 g/mol. The number of aromatic nitrogens is 2. The van der Waals surface area contributed by atoms with Gasteiger partial charge in [0.25, 0.3) is 5.91 Å². The summed E-state index contributed by atoms with van der Waals surface area (Å²) in [5, 5.41) is 6.47. The monoisotopic (exact) mass is 553 g/mol. The summed E-state index contributed by atoms with van der Waals surface area (Å²) in [7, 11) is 1.49. The maximum atomic E-state index is 14.3. The Morgan fingerprint density at radius 1 is 1.26 bits per heavy atom. The standard InChI is InChI=1S/C28H29ClFN5O4/c1-16(21-12-20(38-2)5-6-24(21)30)32-25(36)15-35-14-18-4-3-17(11-22(18)27(35)37)26-23(29)13-31-28(34-26)33-19-7-9-39-10-8-19/h3-6,11-13,16,19H,7-10,14-15H2,1-2H3,(H,32,36)(H,31,33,34). The van der Waals surface area contributed by atoms with E-state index in [9.17, 15) is 14.0 Å². The maximum Gasteiger partial charge on any atom is 0.254 e. The van der Waals surface area contributed by atoms with Crippen molar-refractivity contribution >= 4 is 29.4 Å². The topological polar surface area (TPSA) is 106 Å². The van der Waals surface area contributed by atoms with Crippen LogP contribution < -0.4 is 15.4 Å².